The molecule has 0 atom stereocenters. The van der Waals surface area contributed by atoms with E-state index in [9.17, 15) is 4.79 Å². The number of rotatable bonds is 3. The molecule has 2 heterocycles. The maximum absolute atomic E-state index is 13.0. The van der Waals surface area contributed by atoms with E-state index in [2.05, 4.69) is 14.9 Å². The van der Waals surface area contributed by atoms with Crippen LogP contribution in [0.15, 0.2) is 24.4 Å². The van der Waals surface area contributed by atoms with E-state index in [0.29, 0.717) is 24.4 Å². The zero-order chi connectivity index (χ0) is 18.0. The van der Waals surface area contributed by atoms with Crippen LogP contribution in [0.5, 0.6) is 5.75 Å². The van der Waals surface area contributed by atoms with Gasteiger partial charge in [-0.15, -0.1) is 0 Å². The summed E-state index contributed by atoms with van der Waals surface area (Å²) in [5.74, 6) is 1.58. The highest BCUT2D eigenvalue weighted by Crippen LogP contribution is 2.25. The first-order valence-electron chi connectivity index (χ1n) is 8.49. The maximum Gasteiger partial charge on any atom is 0.258 e. The second kappa shape index (κ2) is 7.09. The van der Waals surface area contributed by atoms with Crippen LogP contribution in [0.4, 0.5) is 5.82 Å². The van der Waals surface area contributed by atoms with Crippen LogP contribution in [0.3, 0.4) is 0 Å². The summed E-state index contributed by atoms with van der Waals surface area (Å²) in [6.45, 7) is 8.67. The second-order valence-electron chi connectivity index (χ2n) is 6.35. The highest BCUT2D eigenvalue weighted by atomic mass is 16.5. The molecule has 0 bridgehead atoms. The molecule has 1 aliphatic rings. The first kappa shape index (κ1) is 17.2. The molecule has 0 saturated carbocycles. The van der Waals surface area contributed by atoms with Crippen LogP contribution in [0.2, 0.25) is 0 Å². The predicted octanol–water partition coefficient (Wildman–Crippen LogP) is 2.37. The molecule has 6 heteroatoms. The molecule has 2 aromatic rings. The fourth-order valence-electron chi connectivity index (χ4n) is 3.19. The number of hydrogen-bond donors (Lipinski definition) is 0. The van der Waals surface area contributed by atoms with E-state index in [1.165, 1.54) is 0 Å². The van der Waals surface area contributed by atoms with Gasteiger partial charge in [0.05, 0.1) is 24.1 Å². The largest absolute Gasteiger partial charge is 0.496 e. The summed E-state index contributed by atoms with van der Waals surface area (Å²) in [7, 11) is 1.60. The number of hydrogen-bond acceptors (Lipinski definition) is 5. The highest BCUT2D eigenvalue weighted by molar-refractivity contribution is 5.98. The van der Waals surface area contributed by atoms with Gasteiger partial charge >= 0.3 is 0 Å². The van der Waals surface area contributed by atoms with Crippen molar-refractivity contribution < 1.29 is 9.53 Å². The van der Waals surface area contributed by atoms with Crippen LogP contribution in [0.1, 0.15) is 27.3 Å². The number of nitrogens with zero attached hydrogens (tertiary/aromatic N) is 4. The third-order valence-electron chi connectivity index (χ3n) is 4.59. The molecular formula is C19H24N4O2. The Balaban J connectivity index is 1.74. The monoisotopic (exact) mass is 340 g/mol. The average Bonchev–Trinajstić information content (AvgIpc) is 2.63. The minimum absolute atomic E-state index is 0.0293. The Kier molecular flexibility index (Phi) is 4.88. The Hall–Kier alpha value is -2.63. The molecule has 1 aromatic heterocycles. The van der Waals surface area contributed by atoms with Crippen molar-refractivity contribution in [3.05, 3.63) is 46.9 Å². The summed E-state index contributed by atoms with van der Waals surface area (Å²) in [6, 6.07) is 5.68. The molecule has 1 aromatic carbocycles. The number of carbonyl (C=O) groups excluding carboxylic acids is 1. The van der Waals surface area contributed by atoms with Crippen molar-refractivity contribution in [2.24, 2.45) is 0 Å². The maximum atomic E-state index is 13.0. The number of piperazine rings is 1. The second-order valence-corrected chi connectivity index (χ2v) is 6.35. The van der Waals surface area contributed by atoms with E-state index >= 15 is 0 Å². The van der Waals surface area contributed by atoms with Gasteiger partial charge in [0, 0.05) is 32.4 Å². The summed E-state index contributed by atoms with van der Waals surface area (Å²) in [4.78, 5) is 26.0. The smallest absolute Gasteiger partial charge is 0.258 e. The Morgan fingerprint density at radius 3 is 2.52 bits per heavy atom. The first-order valence-corrected chi connectivity index (χ1v) is 8.49. The molecule has 0 spiro atoms. The van der Waals surface area contributed by atoms with Gasteiger partial charge in [0.25, 0.3) is 5.91 Å². The summed E-state index contributed by atoms with van der Waals surface area (Å²) in [5.41, 5.74) is 3.42. The predicted molar refractivity (Wildman–Crippen MR) is 97.4 cm³/mol. The molecule has 0 aliphatic carbocycles. The van der Waals surface area contributed by atoms with Gasteiger partial charge in [0.2, 0.25) is 0 Å². The summed E-state index contributed by atoms with van der Waals surface area (Å²) in [6.07, 6.45) is 1.78. The third-order valence-corrected chi connectivity index (χ3v) is 4.59. The number of carbonyl (C=O) groups is 1. The lowest BCUT2D eigenvalue weighted by molar-refractivity contribution is 0.0742. The Morgan fingerprint density at radius 2 is 1.84 bits per heavy atom. The van der Waals surface area contributed by atoms with Crippen molar-refractivity contribution in [2.75, 3.05) is 38.2 Å². The highest BCUT2D eigenvalue weighted by Gasteiger charge is 2.26. The molecule has 25 heavy (non-hydrogen) atoms. The van der Waals surface area contributed by atoms with Crippen molar-refractivity contribution in [2.45, 2.75) is 20.8 Å². The van der Waals surface area contributed by atoms with E-state index in [1.54, 1.807) is 13.3 Å². The van der Waals surface area contributed by atoms with Gasteiger partial charge in [-0.1, -0.05) is 12.1 Å². The molecule has 6 nitrogen and oxygen atoms in total. The average molecular weight is 340 g/mol. The number of aryl methyl sites for hydroxylation is 3. The number of amides is 1. The molecule has 1 saturated heterocycles. The van der Waals surface area contributed by atoms with E-state index in [1.807, 2.05) is 43.9 Å². The van der Waals surface area contributed by atoms with Crippen molar-refractivity contribution in [1.82, 2.24) is 14.9 Å². The standard InChI is InChI=1S/C19H24N4O2/c1-13-6-5-7-16(25-4)17(13)19(24)23-10-8-22(9-11-23)18-15(3)20-12-14(2)21-18/h5-7,12H,8-11H2,1-4H3. The van der Waals surface area contributed by atoms with Crippen molar-refractivity contribution >= 4 is 11.7 Å². The fraction of sp³-hybridized carbons (Fsp3) is 0.421. The molecule has 1 aliphatic heterocycles. The van der Waals surface area contributed by atoms with Crippen LogP contribution in [-0.2, 0) is 0 Å². The van der Waals surface area contributed by atoms with Gasteiger partial charge in [-0.2, -0.15) is 0 Å². The van der Waals surface area contributed by atoms with Gasteiger partial charge in [-0.3, -0.25) is 9.78 Å². The Morgan fingerprint density at radius 1 is 1.12 bits per heavy atom. The summed E-state index contributed by atoms with van der Waals surface area (Å²) >= 11 is 0. The quantitative estimate of drug-likeness (QED) is 0.858. The molecule has 0 radical (unpaired) electrons. The third kappa shape index (κ3) is 3.43. The van der Waals surface area contributed by atoms with E-state index in [-0.39, 0.29) is 5.91 Å². The molecule has 132 valence electrons. The molecule has 1 amide bonds. The lowest BCUT2D eigenvalue weighted by atomic mass is 10.1. The number of anilines is 1. The zero-order valence-corrected chi connectivity index (χ0v) is 15.2. The SMILES string of the molecule is COc1cccc(C)c1C(=O)N1CCN(c2nc(C)cnc2C)CC1. The van der Waals surface area contributed by atoms with Crippen molar-refractivity contribution in [3.63, 3.8) is 0 Å². The molecule has 1 fully saturated rings. The normalized spacial score (nSPS) is 14.6. The van der Waals surface area contributed by atoms with E-state index < -0.39 is 0 Å². The van der Waals surface area contributed by atoms with Crippen molar-refractivity contribution in [1.29, 1.82) is 0 Å². The summed E-state index contributed by atoms with van der Waals surface area (Å²) in [5, 5.41) is 0. The lowest BCUT2D eigenvalue weighted by Gasteiger charge is -2.36. The van der Waals surface area contributed by atoms with Crippen LogP contribution in [-0.4, -0.2) is 54.1 Å². The number of aromatic nitrogens is 2. The van der Waals surface area contributed by atoms with Gasteiger partial charge in [0.1, 0.15) is 11.6 Å². The van der Waals surface area contributed by atoms with E-state index in [4.69, 9.17) is 4.74 Å². The van der Waals surface area contributed by atoms with E-state index in [0.717, 1.165) is 35.9 Å². The zero-order valence-electron chi connectivity index (χ0n) is 15.2. The van der Waals surface area contributed by atoms with Gasteiger partial charge in [0.15, 0.2) is 0 Å². The van der Waals surface area contributed by atoms with Crippen LogP contribution >= 0.6 is 0 Å². The molecule has 0 unspecified atom stereocenters. The minimum Gasteiger partial charge on any atom is -0.496 e. The molecular weight excluding hydrogens is 316 g/mol. The topological polar surface area (TPSA) is 58.6 Å². The van der Waals surface area contributed by atoms with Gasteiger partial charge in [-0.05, 0) is 32.4 Å². The van der Waals surface area contributed by atoms with Gasteiger partial charge < -0.3 is 14.5 Å². The van der Waals surface area contributed by atoms with Crippen LogP contribution < -0.4 is 9.64 Å². The Bertz CT molecular complexity index is 783. The lowest BCUT2D eigenvalue weighted by Crippen LogP contribution is -2.49. The van der Waals surface area contributed by atoms with Gasteiger partial charge in [-0.25, -0.2) is 4.98 Å². The number of methoxy groups -OCH3 is 1. The fourth-order valence-corrected chi connectivity index (χ4v) is 3.19. The van der Waals surface area contributed by atoms with Crippen LogP contribution in [0, 0.1) is 20.8 Å². The molecule has 0 N–H and O–H groups in total. The minimum atomic E-state index is 0.0293. The summed E-state index contributed by atoms with van der Waals surface area (Å²) < 4.78 is 5.38. The number of benzene rings is 1. The van der Waals surface area contributed by atoms with Crippen molar-refractivity contribution in [3.8, 4) is 5.75 Å². The number of ether oxygens (including phenoxy) is 1. The molecule has 3 rings (SSSR count). The first-order chi connectivity index (χ1) is 12.0. The van der Waals surface area contributed by atoms with Crippen LogP contribution in [0.25, 0.3) is 0 Å². The Labute approximate surface area is 148 Å².